The molecule has 0 atom stereocenters. The zero-order valence-electron chi connectivity index (χ0n) is 17.8. The number of ether oxygens (including phenoxy) is 2. The molecular formula is C23H27NO6S. The summed E-state index contributed by atoms with van der Waals surface area (Å²) in [5.41, 5.74) is 1.19. The third-order valence-electron chi connectivity index (χ3n) is 5.32. The molecule has 0 N–H and O–H groups in total. The number of benzene rings is 2. The second kappa shape index (κ2) is 10.1. The molecule has 0 saturated carbocycles. The Bertz CT molecular complexity index is 1060. The second-order valence-corrected chi connectivity index (χ2v) is 9.44. The van der Waals surface area contributed by atoms with Crippen molar-refractivity contribution < 1.29 is 27.5 Å². The van der Waals surface area contributed by atoms with Crippen LogP contribution in [0.4, 0.5) is 0 Å². The van der Waals surface area contributed by atoms with E-state index in [4.69, 9.17) is 9.47 Å². The van der Waals surface area contributed by atoms with Crippen LogP contribution >= 0.6 is 0 Å². The van der Waals surface area contributed by atoms with Crippen molar-refractivity contribution >= 4 is 21.8 Å². The summed E-state index contributed by atoms with van der Waals surface area (Å²) < 4.78 is 38.2. The molecule has 1 heterocycles. The zero-order valence-corrected chi connectivity index (χ0v) is 18.6. The van der Waals surface area contributed by atoms with Crippen molar-refractivity contribution in [1.29, 1.82) is 0 Å². The summed E-state index contributed by atoms with van der Waals surface area (Å²) in [6.07, 6.45) is 3.71. The number of rotatable bonds is 7. The molecule has 1 aliphatic heterocycles. The average molecular weight is 446 g/mol. The summed E-state index contributed by atoms with van der Waals surface area (Å²) in [5, 5.41) is 0. The van der Waals surface area contributed by atoms with Crippen LogP contribution in [0, 0.1) is 0 Å². The summed E-state index contributed by atoms with van der Waals surface area (Å²) >= 11 is 0. The quantitative estimate of drug-likeness (QED) is 0.475. The van der Waals surface area contributed by atoms with Gasteiger partial charge in [-0.05, 0) is 56.2 Å². The number of esters is 1. The van der Waals surface area contributed by atoms with Gasteiger partial charge in [-0.1, -0.05) is 18.9 Å². The van der Waals surface area contributed by atoms with Crippen molar-refractivity contribution in [2.45, 2.75) is 44.1 Å². The van der Waals surface area contributed by atoms with Gasteiger partial charge in [0.1, 0.15) is 12.4 Å². The normalized spacial score (nSPS) is 15.2. The summed E-state index contributed by atoms with van der Waals surface area (Å²) in [7, 11) is -2.17. The molecule has 0 spiro atoms. The van der Waals surface area contributed by atoms with Crippen LogP contribution in [-0.2, 0) is 21.4 Å². The van der Waals surface area contributed by atoms with Crippen LogP contribution in [0.15, 0.2) is 47.4 Å². The van der Waals surface area contributed by atoms with Gasteiger partial charge in [-0.2, -0.15) is 4.31 Å². The highest BCUT2D eigenvalue weighted by Gasteiger charge is 2.26. The van der Waals surface area contributed by atoms with Crippen LogP contribution in [-0.4, -0.2) is 44.7 Å². The Morgan fingerprint density at radius 2 is 1.68 bits per heavy atom. The number of hydrogen-bond acceptors (Lipinski definition) is 6. The first-order valence-corrected chi connectivity index (χ1v) is 11.7. The molecule has 0 radical (unpaired) electrons. The number of methoxy groups -OCH3 is 1. The molecule has 0 unspecified atom stereocenters. The van der Waals surface area contributed by atoms with Gasteiger partial charge in [0.25, 0.3) is 0 Å². The van der Waals surface area contributed by atoms with E-state index in [-0.39, 0.29) is 22.8 Å². The van der Waals surface area contributed by atoms with Crippen molar-refractivity contribution in [3.05, 3.63) is 59.2 Å². The molecule has 1 saturated heterocycles. The van der Waals surface area contributed by atoms with Crippen LogP contribution < -0.4 is 4.74 Å². The monoisotopic (exact) mass is 445 g/mol. The van der Waals surface area contributed by atoms with Gasteiger partial charge in [-0.3, -0.25) is 4.79 Å². The van der Waals surface area contributed by atoms with Crippen LogP contribution in [0.3, 0.4) is 0 Å². The van der Waals surface area contributed by atoms with Gasteiger partial charge in [0, 0.05) is 24.2 Å². The van der Waals surface area contributed by atoms with E-state index in [1.807, 2.05) is 0 Å². The Kier molecular flexibility index (Phi) is 7.46. The highest BCUT2D eigenvalue weighted by molar-refractivity contribution is 7.89. The number of carbonyl (C=O) groups is 2. The Labute approximate surface area is 183 Å². The molecule has 0 bridgehead atoms. The standard InChI is InChI=1S/C23H27NO6S/c1-17(25)18-10-11-22(29-2)20(14-18)16-30-23(26)19-8-7-9-21(15-19)31(27,28)24-12-5-3-4-6-13-24/h7-11,14-15H,3-6,12-13,16H2,1-2H3. The number of hydrogen-bond donors (Lipinski definition) is 0. The lowest BCUT2D eigenvalue weighted by molar-refractivity contribution is 0.0470. The summed E-state index contributed by atoms with van der Waals surface area (Å²) in [6.45, 7) is 2.33. The van der Waals surface area contributed by atoms with E-state index in [0.717, 1.165) is 25.7 Å². The largest absolute Gasteiger partial charge is 0.496 e. The molecular weight excluding hydrogens is 418 g/mol. The highest BCUT2D eigenvalue weighted by atomic mass is 32.2. The van der Waals surface area contributed by atoms with Crippen molar-refractivity contribution in [3.8, 4) is 5.75 Å². The van der Waals surface area contributed by atoms with Crippen molar-refractivity contribution in [2.75, 3.05) is 20.2 Å². The van der Waals surface area contributed by atoms with Crippen LogP contribution in [0.25, 0.3) is 0 Å². The van der Waals surface area contributed by atoms with Crippen LogP contribution in [0.2, 0.25) is 0 Å². The Morgan fingerprint density at radius 3 is 2.32 bits per heavy atom. The molecule has 7 nitrogen and oxygen atoms in total. The molecule has 2 aromatic rings. The highest BCUT2D eigenvalue weighted by Crippen LogP contribution is 2.23. The molecule has 3 rings (SSSR count). The maximum atomic E-state index is 13.0. The number of ketones is 1. The van der Waals surface area contributed by atoms with Gasteiger partial charge in [0.15, 0.2) is 5.78 Å². The van der Waals surface area contributed by atoms with Crippen molar-refractivity contribution in [1.82, 2.24) is 4.31 Å². The first kappa shape index (κ1) is 23.0. The summed E-state index contributed by atoms with van der Waals surface area (Å²) in [6, 6.07) is 10.8. The predicted molar refractivity (Wildman–Crippen MR) is 116 cm³/mol. The number of nitrogens with zero attached hydrogens (tertiary/aromatic N) is 1. The second-order valence-electron chi connectivity index (χ2n) is 7.51. The average Bonchev–Trinajstić information content (AvgIpc) is 3.07. The van der Waals surface area contributed by atoms with Crippen LogP contribution in [0.1, 0.15) is 58.9 Å². The minimum absolute atomic E-state index is 0.0833. The van der Waals surface area contributed by atoms with E-state index in [1.54, 1.807) is 18.2 Å². The topological polar surface area (TPSA) is 90.0 Å². The van der Waals surface area contributed by atoms with Gasteiger partial charge in [-0.15, -0.1) is 0 Å². The Hall–Kier alpha value is -2.71. The third kappa shape index (κ3) is 5.51. The molecule has 8 heteroatoms. The van der Waals surface area contributed by atoms with E-state index in [2.05, 4.69) is 0 Å². The number of carbonyl (C=O) groups excluding carboxylic acids is 2. The number of sulfonamides is 1. The van der Waals surface area contributed by atoms with Gasteiger partial charge in [0.2, 0.25) is 10.0 Å². The number of Topliss-reactive ketones (excluding diaryl/α,β-unsaturated/α-hetero) is 1. The maximum absolute atomic E-state index is 13.0. The SMILES string of the molecule is COc1ccc(C(C)=O)cc1COC(=O)c1cccc(S(=O)(=O)N2CCCCCC2)c1. The first-order chi connectivity index (χ1) is 14.8. The zero-order chi connectivity index (χ0) is 22.4. The first-order valence-electron chi connectivity index (χ1n) is 10.3. The van der Waals surface area contributed by atoms with Gasteiger partial charge in [-0.25, -0.2) is 13.2 Å². The molecule has 0 amide bonds. The molecule has 31 heavy (non-hydrogen) atoms. The molecule has 0 aliphatic carbocycles. The fraction of sp³-hybridized carbons (Fsp3) is 0.391. The van der Waals surface area contributed by atoms with Crippen LogP contribution in [0.5, 0.6) is 5.75 Å². The summed E-state index contributed by atoms with van der Waals surface area (Å²) in [5.74, 6) is -0.264. The lowest BCUT2D eigenvalue weighted by Crippen LogP contribution is -2.32. The lowest BCUT2D eigenvalue weighted by atomic mass is 10.1. The smallest absolute Gasteiger partial charge is 0.338 e. The summed E-state index contributed by atoms with van der Waals surface area (Å²) in [4.78, 5) is 24.3. The fourth-order valence-electron chi connectivity index (χ4n) is 3.55. The Balaban J connectivity index is 1.76. The molecule has 166 valence electrons. The molecule has 2 aromatic carbocycles. The van der Waals surface area contributed by atoms with E-state index < -0.39 is 16.0 Å². The van der Waals surface area contributed by atoms with E-state index in [1.165, 1.54) is 42.6 Å². The van der Waals surface area contributed by atoms with E-state index >= 15 is 0 Å². The maximum Gasteiger partial charge on any atom is 0.338 e. The minimum atomic E-state index is -3.67. The molecule has 0 aromatic heterocycles. The Morgan fingerprint density at radius 1 is 0.968 bits per heavy atom. The van der Waals surface area contributed by atoms with Gasteiger partial charge < -0.3 is 9.47 Å². The van der Waals surface area contributed by atoms with Crippen molar-refractivity contribution in [3.63, 3.8) is 0 Å². The van der Waals surface area contributed by atoms with Gasteiger partial charge >= 0.3 is 5.97 Å². The lowest BCUT2D eigenvalue weighted by Gasteiger charge is -2.20. The fourth-order valence-corrected chi connectivity index (χ4v) is 5.12. The predicted octanol–water partition coefficient (Wildman–Crippen LogP) is 3.82. The minimum Gasteiger partial charge on any atom is -0.496 e. The van der Waals surface area contributed by atoms with Gasteiger partial charge in [0.05, 0.1) is 17.6 Å². The van der Waals surface area contributed by atoms with E-state index in [0.29, 0.717) is 30.0 Å². The third-order valence-corrected chi connectivity index (χ3v) is 7.21. The molecule has 1 aliphatic rings. The van der Waals surface area contributed by atoms with E-state index in [9.17, 15) is 18.0 Å². The van der Waals surface area contributed by atoms with Crippen molar-refractivity contribution in [2.24, 2.45) is 0 Å². The molecule has 1 fully saturated rings.